The van der Waals surface area contributed by atoms with E-state index < -0.39 is 16.0 Å². The van der Waals surface area contributed by atoms with Crippen molar-refractivity contribution in [2.45, 2.75) is 30.2 Å². The first kappa shape index (κ1) is 20.5. The highest BCUT2D eigenvalue weighted by molar-refractivity contribution is 7.89. The van der Waals surface area contributed by atoms with E-state index in [-0.39, 0.29) is 29.4 Å². The van der Waals surface area contributed by atoms with Gasteiger partial charge in [-0.15, -0.1) is 0 Å². The summed E-state index contributed by atoms with van der Waals surface area (Å²) in [4.78, 5) is 18.7. The average Bonchev–Trinajstić information content (AvgIpc) is 3.50. The van der Waals surface area contributed by atoms with Crippen molar-refractivity contribution in [2.24, 2.45) is 5.92 Å². The van der Waals surface area contributed by atoms with Crippen molar-refractivity contribution in [3.8, 4) is 0 Å². The second-order valence-corrected chi connectivity index (χ2v) is 9.75. The number of hydrogen-bond donors (Lipinski definition) is 1. The topological polar surface area (TPSA) is 101 Å². The summed E-state index contributed by atoms with van der Waals surface area (Å²) >= 11 is 0. The van der Waals surface area contributed by atoms with Crippen LogP contribution in [0.5, 0.6) is 0 Å². The van der Waals surface area contributed by atoms with Crippen molar-refractivity contribution in [3.63, 3.8) is 0 Å². The third-order valence-electron chi connectivity index (χ3n) is 5.80. The molecule has 1 atom stereocenters. The summed E-state index contributed by atoms with van der Waals surface area (Å²) in [5, 5.41) is 3.24. The number of aromatic nitrogens is 1. The summed E-state index contributed by atoms with van der Waals surface area (Å²) < 4.78 is 37.9. The molecule has 0 aromatic carbocycles. The van der Waals surface area contributed by atoms with Crippen LogP contribution < -0.4 is 5.32 Å². The van der Waals surface area contributed by atoms with E-state index >= 15 is 0 Å². The Bertz CT molecular complexity index is 852. The Balaban J connectivity index is 1.54. The van der Waals surface area contributed by atoms with E-state index in [9.17, 15) is 13.2 Å². The summed E-state index contributed by atoms with van der Waals surface area (Å²) in [7, 11) is -2.55. The molecule has 0 spiro atoms. The molecule has 0 radical (unpaired) electrons. The minimum atomic E-state index is -3.81. The third kappa shape index (κ3) is 4.55. The number of morpholine rings is 1. The number of ether oxygens (including phenoxy) is 2. The van der Waals surface area contributed by atoms with Gasteiger partial charge in [0.15, 0.2) is 0 Å². The van der Waals surface area contributed by atoms with E-state index in [1.54, 1.807) is 0 Å². The first-order chi connectivity index (χ1) is 14.0. The summed E-state index contributed by atoms with van der Waals surface area (Å²) in [5.41, 5.74) is 0.116. The maximum Gasteiger partial charge on any atom is 0.339 e. The lowest BCUT2D eigenvalue weighted by atomic mass is 10.1. The fourth-order valence-electron chi connectivity index (χ4n) is 3.97. The predicted molar refractivity (Wildman–Crippen MR) is 106 cm³/mol. The maximum absolute atomic E-state index is 13.2. The number of nitrogens with zero attached hydrogens (tertiary/aromatic N) is 3. The number of rotatable bonds is 7. The van der Waals surface area contributed by atoms with Gasteiger partial charge in [0, 0.05) is 38.4 Å². The smallest absolute Gasteiger partial charge is 0.339 e. The summed E-state index contributed by atoms with van der Waals surface area (Å²) in [6.45, 7) is 4.05. The van der Waals surface area contributed by atoms with E-state index in [2.05, 4.69) is 15.2 Å². The van der Waals surface area contributed by atoms with Crippen molar-refractivity contribution < 1.29 is 22.7 Å². The Kier molecular flexibility index (Phi) is 6.05. The van der Waals surface area contributed by atoms with Gasteiger partial charge in [0.25, 0.3) is 0 Å². The van der Waals surface area contributed by atoms with Crippen LogP contribution in [0.3, 0.4) is 0 Å². The molecule has 3 aliphatic rings. The highest BCUT2D eigenvalue weighted by Gasteiger charge is 2.35. The zero-order chi connectivity index (χ0) is 20.4. The Hall–Kier alpha value is -1.75. The van der Waals surface area contributed by atoms with E-state index in [0.29, 0.717) is 25.7 Å². The SMILES string of the molecule is COC(=O)c1cnc(NC[C@H]2CCN(C3CC3)C2)c(S(=O)(=O)N2CCOCC2)c1. The van der Waals surface area contributed by atoms with Gasteiger partial charge in [0.1, 0.15) is 10.7 Å². The van der Waals surface area contributed by atoms with Crippen molar-refractivity contribution in [3.05, 3.63) is 17.8 Å². The molecule has 0 bridgehead atoms. The summed E-state index contributed by atoms with van der Waals surface area (Å²) in [6, 6.07) is 2.10. The van der Waals surface area contributed by atoms with Crippen LogP contribution in [0.2, 0.25) is 0 Å². The number of esters is 1. The molecule has 1 aliphatic carbocycles. The number of sulfonamides is 1. The summed E-state index contributed by atoms with van der Waals surface area (Å²) in [6.07, 6.45) is 5.03. The Morgan fingerprint density at radius 2 is 2.03 bits per heavy atom. The van der Waals surface area contributed by atoms with Crippen LogP contribution in [0.15, 0.2) is 17.2 Å². The minimum absolute atomic E-state index is 0.0133. The largest absolute Gasteiger partial charge is 0.465 e. The number of carbonyl (C=O) groups excluding carboxylic acids is 1. The molecule has 1 saturated carbocycles. The molecule has 3 heterocycles. The van der Waals surface area contributed by atoms with Gasteiger partial charge < -0.3 is 19.7 Å². The monoisotopic (exact) mass is 424 g/mol. The van der Waals surface area contributed by atoms with Gasteiger partial charge in [-0.1, -0.05) is 0 Å². The molecular weight excluding hydrogens is 396 g/mol. The molecular formula is C19H28N4O5S. The zero-order valence-corrected chi connectivity index (χ0v) is 17.5. The number of nitrogens with one attached hydrogen (secondary N) is 1. The van der Waals surface area contributed by atoms with Gasteiger partial charge in [-0.2, -0.15) is 4.31 Å². The first-order valence-corrected chi connectivity index (χ1v) is 11.6. The lowest BCUT2D eigenvalue weighted by molar-refractivity contribution is 0.0600. The molecule has 0 amide bonds. The second kappa shape index (κ2) is 8.55. The second-order valence-electron chi connectivity index (χ2n) is 7.84. The number of pyridine rings is 1. The predicted octanol–water partition coefficient (Wildman–Crippen LogP) is 0.785. The van der Waals surface area contributed by atoms with Crippen LogP contribution in [0, 0.1) is 5.92 Å². The quantitative estimate of drug-likeness (QED) is 0.641. The molecule has 4 rings (SSSR count). The van der Waals surface area contributed by atoms with Crippen LogP contribution in [0.4, 0.5) is 5.82 Å². The number of carbonyl (C=O) groups is 1. The molecule has 160 valence electrons. The van der Waals surface area contributed by atoms with Crippen LogP contribution in [-0.4, -0.2) is 87.7 Å². The molecule has 29 heavy (non-hydrogen) atoms. The lowest BCUT2D eigenvalue weighted by Crippen LogP contribution is -2.41. The third-order valence-corrected chi connectivity index (χ3v) is 7.71. The molecule has 2 saturated heterocycles. The van der Waals surface area contributed by atoms with E-state index in [4.69, 9.17) is 9.47 Å². The van der Waals surface area contributed by atoms with Gasteiger partial charge in [-0.3, -0.25) is 0 Å². The van der Waals surface area contributed by atoms with E-state index in [1.165, 1.54) is 36.5 Å². The van der Waals surface area contributed by atoms with Crippen LogP contribution in [0.25, 0.3) is 0 Å². The number of methoxy groups -OCH3 is 1. The molecule has 1 aromatic heterocycles. The molecule has 3 fully saturated rings. The fraction of sp³-hybridized carbons (Fsp3) is 0.684. The molecule has 10 heteroatoms. The zero-order valence-electron chi connectivity index (χ0n) is 16.7. The molecule has 2 aliphatic heterocycles. The minimum Gasteiger partial charge on any atom is -0.465 e. The molecule has 0 unspecified atom stereocenters. The summed E-state index contributed by atoms with van der Waals surface area (Å²) in [5.74, 6) is 0.129. The van der Waals surface area contributed by atoms with E-state index in [0.717, 1.165) is 25.6 Å². The Morgan fingerprint density at radius 3 is 2.72 bits per heavy atom. The van der Waals surface area contributed by atoms with Crippen molar-refractivity contribution in [1.82, 2.24) is 14.2 Å². The van der Waals surface area contributed by atoms with Crippen LogP contribution in [0.1, 0.15) is 29.6 Å². The van der Waals surface area contributed by atoms with Gasteiger partial charge in [0.05, 0.1) is 25.9 Å². The van der Waals surface area contributed by atoms with Gasteiger partial charge in [0.2, 0.25) is 10.0 Å². The highest BCUT2D eigenvalue weighted by Crippen LogP contribution is 2.32. The normalized spacial score (nSPS) is 23.8. The molecule has 9 nitrogen and oxygen atoms in total. The van der Waals surface area contributed by atoms with E-state index in [1.807, 2.05) is 0 Å². The highest BCUT2D eigenvalue weighted by atomic mass is 32.2. The molecule has 1 aromatic rings. The van der Waals surface area contributed by atoms with Gasteiger partial charge in [-0.25, -0.2) is 18.2 Å². The fourth-order valence-corrected chi connectivity index (χ4v) is 5.52. The number of likely N-dealkylation sites (tertiary alicyclic amines) is 1. The number of anilines is 1. The Morgan fingerprint density at radius 1 is 1.28 bits per heavy atom. The first-order valence-electron chi connectivity index (χ1n) is 10.1. The van der Waals surface area contributed by atoms with Crippen molar-refractivity contribution in [1.29, 1.82) is 0 Å². The molecule has 1 N–H and O–H groups in total. The van der Waals surface area contributed by atoms with Crippen LogP contribution >= 0.6 is 0 Å². The average molecular weight is 425 g/mol. The number of hydrogen-bond acceptors (Lipinski definition) is 8. The van der Waals surface area contributed by atoms with Gasteiger partial charge in [-0.05, 0) is 37.8 Å². The van der Waals surface area contributed by atoms with Crippen molar-refractivity contribution >= 4 is 21.8 Å². The van der Waals surface area contributed by atoms with Gasteiger partial charge >= 0.3 is 5.97 Å². The van der Waals surface area contributed by atoms with Crippen molar-refractivity contribution in [2.75, 3.05) is 58.4 Å². The van der Waals surface area contributed by atoms with Crippen LogP contribution in [-0.2, 0) is 19.5 Å². The lowest BCUT2D eigenvalue weighted by Gasteiger charge is -2.27. The standard InChI is InChI=1S/C19H28N4O5S/c1-27-19(24)15-10-17(29(25,26)23-6-8-28-9-7-23)18(21-12-15)20-11-14-4-5-22(13-14)16-2-3-16/h10,12,14,16H,2-9,11,13H2,1H3,(H,20,21)/t14-/m1/s1. The maximum atomic E-state index is 13.2. The Labute approximate surface area is 171 Å².